The van der Waals surface area contributed by atoms with E-state index in [0.717, 1.165) is 6.42 Å². The third kappa shape index (κ3) is 5.30. The first-order valence-corrected chi connectivity index (χ1v) is 8.20. The average molecular weight is 297 g/mol. The van der Waals surface area contributed by atoms with Crippen molar-refractivity contribution in [1.29, 1.82) is 0 Å². The Morgan fingerprint density at radius 1 is 1.14 bits per heavy atom. The maximum atomic E-state index is 12.2. The lowest BCUT2D eigenvalue weighted by Crippen LogP contribution is -2.53. The van der Waals surface area contributed by atoms with Crippen LogP contribution in [0.2, 0.25) is 0 Å². The van der Waals surface area contributed by atoms with E-state index >= 15 is 0 Å². The standard InChI is InChI=1S/C16H27NO4/c18-14(7-6-13-4-2-1-3-5-13)17-16(12-15(19)20)8-10-21-11-9-16/h13H,1-12H2,(H,17,18)(H,19,20). The Bertz CT molecular complexity index is 357. The summed E-state index contributed by atoms with van der Waals surface area (Å²) < 4.78 is 5.30. The van der Waals surface area contributed by atoms with E-state index in [1.807, 2.05) is 0 Å². The van der Waals surface area contributed by atoms with Crippen LogP contribution in [0.3, 0.4) is 0 Å². The van der Waals surface area contributed by atoms with Crippen LogP contribution in [0.15, 0.2) is 0 Å². The first kappa shape index (κ1) is 16.3. The topological polar surface area (TPSA) is 75.6 Å². The zero-order valence-electron chi connectivity index (χ0n) is 12.7. The molecule has 0 spiro atoms. The molecule has 0 radical (unpaired) electrons. The van der Waals surface area contributed by atoms with E-state index in [9.17, 15) is 9.59 Å². The molecule has 1 saturated heterocycles. The summed E-state index contributed by atoms with van der Waals surface area (Å²) in [6.07, 6.45) is 9.00. The molecule has 120 valence electrons. The monoisotopic (exact) mass is 297 g/mol. The molecule has 21 heavy (non-hydrogen) atoms. The van der Waals surface area contributed by atoms with Crippen LogP contribution < -0.4 is 5.32 Å². The van der Waals surface area contributed by atoms with Crippen molar-refractivity contribution in [2.75, 3.05) is 13.2 Å². The molecule has 0 aromatic rings. The van der Waals surface area contributed by atoms with Crippen LogP contribution in [0.5, 0.6) is 0 Å². The molecule has 1 aliphatic carbocycles. The van der Waals surface area contributed by atoms with Gasteiger partial charge < -0.3 is 15.2 Å². The molecule has 0 aromatic heterocycles. The quantitative estimate of drug-likeness (QED) is 0.790. The number of rotatable bonds is 6. The minimum atomic E-state index is -0.857. The Kier molecular flexibility index (Phi) is 6.03. The number of hydrogen-bond donors (Lipinski definition) is 2. The van der Waals surface area contributed by atoms with Crippen LogP contribution in [0.1, 0.15) is 64.2 Å². The van der Waals surface area contributed by atoms with Crippen molar-refractivity contribution < 1.29 is 19.4 Å². The largest absolute Gasteiger partial charge is 0.481 e. The Morgan fingerprint density at radius 2 is 1.81 bits per heavy atom. The van der Waals surface area contributed by atoms with Gasteiger partial charge in [-0.3, -0.25) is 9.59 Å². The summed E-state index contributed by atoms with van der Waals surface area (Å²) in [4.78, 5) is 23.3. The van der Waals surface area contributed by atoms with Gasteiger partial charge in [0.15, 0.2) is 0 Å². The average Bonchev–Trinajstić information content (AvgIpc) is 2.46. The molecular weight excluding hydrogens is 270 g/mol. The first-order valence-electron chi connectivity index (χ1n) is 8.20. The molecule has 0 unspecified atom stereocenters. The molecule has 5 heteroatoms. The number of ether oxygens (including phenoxy) is 1. The maximum Gasteiger partial charge on any atom is 0.305 e. The van der Waals surface area contributed by atoms with E-state index < -0.39 is 11.5 Å². The molecule has 0 aromatic carbocycles. The van der Waals surface area contributed by atoms with Gasteiger partial charge in [0.25, 0.3) is 0 Å². The molecule has 2 aliphatic rings. The summed E-state index contributed by atoms with van der Waals surface area (Å²) in [7, 11) is 0. The van der Waals surface area contributed by atoms with Crippen LogP contribution >= 0.6 is 0 Å². The van der Waals surface area contributed by atoms with Gasteiger partial charge in [0.05, 0.1) is 12.0 Å². The van der Waals surface area contributed by atoms with Crippen molar-refractivity contribution in [3.63, 3.8) is 0 Å². The van der Waals surface area contributed by atoms with E-state index in [0.29, 0.717) is 38.4 Å². The zero-order chi connectivity index (χ0) is 15.1. The Morgan fingerprint density at radius 3 is 2.43 bits per heavy atom. The highest BCUT2D eigenvalue weighted by molar-refractivity contribution is 5.78. The van der Waals surface area contributed by atoms with Gasteiger partial charge in [-0.05, 0) is 25.2 Å². The van der Waals surface area contributed by atoms with E-state index in [-0.39, 0.29) is 12.3 Å². The lowest BCUT2D eigenvalue weighted by Gasteiger charge is -2.37. The minimum Gasteiger partial charge on any atom is -0.481 e. The number of carboxylic acid groups (broad SMARTS) is 1. The second-order valence-electron chi connectivity index (χ2n) is 6.55. The Hall–Kier alpha value is -1.10. The van der Waals surface area contributed by atoms with Crippen LogP contribution in [-0.4, -0.2) is 35.7 Å². The lowest BCUT2D eigenvalue weighted by molar-refractivity contribution is -0.140. The molecule has 0 atom stereocenters. The highest BCUT2D eigenvalue weighted by Gasteiger charge is 2.36. The highest BCUT2D eigenvalue weighted by atomic mass is 16.5. The molecular formula is C16H27NO4. The van der Waals surface area contributed by atoms with Crippen LogP contribution in [-0.2, 0) is 14.3 Å². The second kappa shape index (κ2) is 7.78. The number of carbonyl (C=O) groups is 2. The van der Waals surface area contributed by atoms with Crippen molar-refractivity contribution >= 4 is 11.9 Å². The molecule has 1 saturated carbocycles. The predicted molar refractivity (Wildman–Crippen MR) is 79.0 cm³/mol. The molecule has 5 nitrogen and oxygen atoms in total. The van der Waals surface area contributed by atoms with Gasteiger partial charge in [-0.25, -0.2) is 0 Å². The third-order valence-electron chi connectivity index (χ3n) is 4.85. The van der Waals surface area contributed by atoms with Crippen molar-refractivity contribution in [3.8, 4) is 0 Å². The van der Waals surface area contributed by atoms with Gasteiger partial charge in [0.2, 0.25) is 5.91 Å². The number of nitrogens with one attached hydrogen (secondary N) is 1. The predicted octanol–water partition coefficient (Wildman–Crippen LogP) is 2.49. The number of carbonyl (C=O) groups excluding carboxylic acids is 1. The van der Waals surface area contributed by atoms with Crippen molar-refractivity contribution in [1.82, 2.24) is 5.32 Å². The van der Waals surface area contributed by atoms with Crippen molar-refractivity contribution in [3.05, 3.63) is 0 Å². The first-order chi connectivity index (χ1) is 10.1. The maximum absolute atomic E-state index is 12.2. The lowest BCUT2D eigenvalue weighted by atomic mass is 9.84. The SMILES string of the molecule is O=C(O)CC1(NC(=O)CCC2CCCCC2)CCOCC1. The summed E-state index contributed by atoms with van der Waals surface area (Å²) in [5.74, 6) is -0.178. The van der Waals surface area contributed by atoms with E-state index in [1.54, 1.807) is 0 Å². The van der Waals surface area contributed by atoms with Gasteiger partial charge in [0.1, 0.15) is 0 Å². The van der Waals surface area contributed by atoms with Crippen LogP contribution in [0.25, 0.3) is 0 Å². The van der Waals surface area contributed by atoms with Crippen LogP contribution in [0, 0.1) is 5.92 Å². The summed E-state index contributed by atoms with van der Waals surface area (Å²) >= 11 is 0. The molecule has 0 bridgehead atoms. The fourth-order valence-corrected chi connectivity index (χ4v) is 3.57. The summed E-state index contributed by atoms with van der Waals surface area (Å²) in [5.41, 5.74) is -0.603. The highest BCUT2D eigenvalue weighted by Crippen LogP contribution is 2.28. The second-order valence-corrected chi connectivity index (χ2v) is 6.55. The Balaban J connectivity index is 1.81. The molecule has 2 rings (SSSR count). The molecule has 1 amide bonds. The van der Waals surface area contributed by atoms with Gasteiger partial charge in [-0.1, -0.05) is 32.1 Å². The normalized spacial score (nSPS) is 22.7. The smallest absolute Gasteiger partial charge is 0.305 e. The number of hydrogen-bond acceptors (Lipinski definition) is 3. The minimum absolute atomic E-state index is 0.00345. The van der Waals surface area contributed by atoms with Crippen LogP contribution in [0.4, 0.5) is 0 Å². The molecule has 1 aliphatic heterocycles. The third-order valence-corrected chi connectivity index (χ3v) is 4.85. The summed E-state index contributed by atoms with van der Waals surface area (Å²) in [6.45, 7) is 1.05. The van der Waals surface area contributed by atoms with Gasteiger partial charge in [-0.15, -0.1) is 0 Å². The number of aliphatic carboxylic acids is 1. The van der Waals surface area contributed by atoms with Crippen molar-refractivity contribution in [2.45, 2.75) is 69.7 Å². The van der Waals surface area contributed by atoms with Gasteiger partial charge >= 0.3 is 5.97 Å². The summed E-state index contributed by atoms with van der Waals surface area (Å²) in [5, 5.41) is 12.1. The molecule has 2 fully saturated rings. The zero-order valence-corrected chi connectivity index (χ0v) is 12.7. The van der Waals surface area contributed by atoms with Gasteiger partial charge in [-0.2, -0.15) is 0 Å². The number of carboxylic acids is 1. The number of amides is 1. The van der Waals surface area contributed by atoms with E-state index in [4.69, 9.17) is 9.84 Å². The molecule has 2 N–H and O–H groups in total. The van der Waals surface area contributed by atoms with E-state index in [1.165, 1.54) is 32.1 Å². The molecule has 1 heterocycles. The van der Waals surface area contributed by atoms with E-state index in [2.05, 4.69) is 5.32 Å². The Labute approximate surface area is 126 Å². The fourth-order valence-electron chi connectivity index (χ4n) is 3.57. The fraction of sp³-hybridized carbons (Fsp3) is 0.875. The van der Waals surface area contributed by atoms with Gasteiger partial charge in [0, 0.05) is 19.6 Å². The van der Waals surface area contributed by atoms with Crippen molar-refractivity contribution in [2.24, 2.45) is 5.92 Å². The summed E-state index contributed by atoms with van der Waals surface area (Å²) in [6, 6.07) is 0.